The number of nitrogens with one attached hydrogen (secondary N) is 1. The fourth-order valence-corrected chi connectivity index (χ4v) is 3.07. The van der Waals surface area contributed by atoms with E-state index >= 15 is 0 Å². The molecule has 126 valence electrons. The summed E-state index contributed by atoms with van der Waals surface area (Å²) in [5.41, 5.74) is 5.17. The summed E-state index contributed by atoms with van der Waals surface area (Å²) in [5.74, 6) is -1.56. The average molecular weight is 413 g/mol. The van der Waals surface area contributed by atoms with Crippen LogP contribution in [-0.2, 0) is 19.6 Å². The normalized spacial score (nSPS) is 10.9. The summed E-state index contributed by atoms with van der Waals surface area (Å²) in [5, 5.41) is 0. The van der Waals surface area contributed by atoms with Gasteiger partial charge in [0.1, 0.15) is 0 Å². The molecule has 24 heavy (non-hydrogen) atoms. The smallest absolute Gasteiger partial charge is 0.338 e. The third kappa shape index (κ3) is 4.80. The number of benzene rings is 2. The van der Waals surface area contributed by atoms with Crippen molar-refractivity contribution in [2.45, 2.75) is 4.90 Å². The maximum atomic E-state index is 12.3. The number of ether oxygens (including phenoxy) is 1. The topological polar surface area (TPSA) is 116 Å². The Labute approximate surface area is 147 Å². The lowest BCUT2D eigenvalue weighted by Gasteiger charge is -2.09. The second-order valence-electron chi connectivity index (χ2n) is 4.68. The third-order valence-electron chi connectivity index (χ3n) is 2.82. The van der Waals surface area contributed by atoms with E-state index < -0.39 is 28.5 Å². The zero-order chi connectivity index (χ0) is 17.7. The monoisotopic (exact) mass is 412 g/mol. The molecule has 2 rings (SSSR count). The molecule has 0 fully saturated rings. The molecule has 0 aliphatic heterocycles. The van der Waals surface area contributed by atoms with Gasteiger partial charge in [0.2, 0.25) is 0 Å². The van der Waals surface area contributed by atoms with E-state index in [0.717, 1.165) is 4.47 Å². The summed E-state index contributed by atoms with van der Waals surface area (Å²) < 4.78 is 32.4. The van der Waals surface area contributed by atoms with Gasteiger partial charge in [-0.15, -0.1) is 0 Å². The van der Waals surface area contributed by atoms with Gasteiger partial charge in [0.15, 0.2) is 6.61 Å². The first kappa shape index (κ1) is 18.0. The summed E-state index contributed by atoms with van der Waals surface area (Å²) >= 11 is 3.23. The lowest BCUT2D eigenvalue weighted by molar-refractivity contribution is -0.121. The molecular weight excluding hydrogens is 400 g/mol. The minimum Gasteiger partial charge on any atom is -0.452 e. The molecule has 0 radical (unpaired) electrons. The predicted molar refractivity (Wildman–Crippen MR) is 90.9 cm³/mol. The van der Waals surface area contributed by atoms with E-state index in [4.69, 9.17) is 5.73 Å². The van der Waals surface area contributed by atoms with E-state index in [1.165, 1.54) is 36.4 Å². The fourth-order valence-electron chi connectivity index (χ4n) is 1.76. The molecule has 9 heteroatoms. The fraction of sp³-hybridized carbons (Fsp3) is 0.0667. The molecule has 3 N–H and O–H groups in total. The first-order valence-corrected chi connectivity index (χ1v) is 8.89. The minimum absolute atomic E-state index is 0.0763. The van der Waals surface area contributed by atoms with Crippen molar-refractivity contribution in [3.05, 3.63) is 58.6 Å². The molecule has 0 saturated carbocycles. The number of hydrogen-bond acceptors (Lipinski definition) is 5. The Balaban J connectivity index is 2.18. The summed E-state index contributed by atoms with van der Waals surface area (Å²) in [4.78, 5) is 22.5. The molecule has 0 aliphatic carbocycles. The van der Waals surface area contributed by atoms with Crippen LogP contribution in [0, 0.1) is 0 Å². The number of nitrogens with two attached hydrogens (primary N) is 1. The maximum Gasteiger partial charge on any atom is 0.338 e. The van der Waals surface area contributed by atoms with E-state index in [2.05, 4.69) is 25.4 Å². The number of sulfonamides is 1. The highest BCUT2D eigenvalue weighted by atomic mass is 79.9. The van der Waals surface area contributed by atoms with Gasteiger partial charge in [-0.25, -0.2) is 13.2 Å². The summed E-state index contributed by atoms with van der Waals surface area (Å²) in [6, 6.07) is 11.8. The summed E-state index contributed by atoms with van der Waals surface area (Å²) in [7, 11) is -3.80. The van der Waals surface area contributed by atoms with Gasteiger partial charge in [0.25, 0.3) is 15.9 Å². The Morgan fingerprint density at radius 3 is 2.42 bits per heavy atom. The Hall–Kier alpha value is -2.39. The van der Waals surface area contributed by atoms with Crippen molar-refractivity contribution in [3.8, 4) is 0 Å². The molecule has 0 unspecified atom stereocenters. The Kier molecular flexibility index (Phi) is 5.58. The van der Waals surface area contributed by atoms with Crippen molar-refractivity contribution in [3.63, 3.8) is 0 Å². The van der Waals surface area contributed by atoms with Gasteiger partial charge < -0.3 is 10.5 Å². The molecule has 0 aromatic heterocycles. The Morgan fingerprint density at radius 2 is 1.79 bits per heavy atom. The number of primary amides is 1. The molecule has 2 aromatic rings. The van der Waals surface area contributed by atoms with Crippen LogP contribution in [0.1, 0.15) is 10.4 Å². The highest BCUT2D eigenvalue weighted by molar-refractivity contribution is 9.10. The van der Waals surface area contributed by atoms with Crippen LogP contribution in [0.2, 0.25) is 0 Å². The molecule has 0 atom stereocenters. The van der Waals surface area contributed by atoms with Crippen LogP contribution < -0.4 is 10.5 Å². The van der Waals surface area contributed by atoms with Crippen LogP contribution in [0.5, 0.6) is 0 Å². The van der Waals surface area contributed by atoms with Gasteiger partial charge in [0, 0.05) is 10.2 Å². The Bertz CT molecular complexity index is 866. The third-order valence-corrected chi connectivity index (χ3v) is 4.75. The second kappa shape index (κ2) is 7.45. The zero-order valence-corrected chi connectivity index (χ0v) is 14.6. The van der Waals surface area contributed by atoms with E-state index in [1.54, 1.807) is 12.1 Å². The number of rotatable bonds is 6. The highest BCUT2D eigenvalue weighted by Crippen LogP contribution is 2.19. The van der Waals surface area contributed by atoms with Crippen LogP contribution in [-0.4, -0.2) is 26.9 Å². The zero-order valence-electron chi connectivity index (χ0n) is 12.2. The number of hydrogen-bond donors (Lipinski definition) is 2. The van der Waals surface area contributed by atoms with Gasteiger partial charge >= 0.3 is 5.97 Å². The van der Waals surface area contributed by atoms with Crippen molar-refractivity contribution in [2.24, 2.45) is 5.73 Å². The predicted octanol–water partition coefficient (Wildman–Crippen LogP) is 1.89. The van der Waals surface area contributed by atoms with Crippen molar-refractivity contribution in [2.75, 3.05) is 11.3 Å². The van der Waals surface area contributed by atoms with E-state index in [0.29, 0.717) is 0 Å². The van der Waals surface area contributed by atoms with Gasteiger partial charge in [-0.05, 0) is 42.5 Å². The number of carbonyl (C=O) groups excluding carboxylic acids is 2. The molecule has 0 saturated heterocycles. The SMILES string of the molecule is NC(=O)COC(=O)c1cccc(NS(=O)(=O)c2ccc(Br)cc2)c1. The standard InChI is InChI=1S/C15H13BrN2O5S/c16-11-4-6-13(7-5-11)24(21,22)18-12-3-1-2-10(8-12)15(20)23-9-14(17)19/h1-8,18H,9H2,(H2,17,19). The molecule has 0 aliphatic rings. The summed E-state index contributed by atoms with van der Waals surface area (Å²) in [6.07, 6.45) is 0. The van der Waals surface area contributed by atoms with Gasteiger partial charge in [0.05, 0.1) is 10.5 Å². The number of anilines is 1. The van der Waals surface area contributed by atoms with Crippen LogP contribution in [0.4, 0.5) is 5.69 Å². The van der Waals surface area contributed by atoms with E-state index in [9.17, 15) is 18.0 Å². The highest BCUT2D eigenvalue weighted by Gasteiger charge is 2.15. The Morgan fingerprint density at radius 1 is 1.12 bits per heavy atom. The number of carbonyl (C=O) groups is 2. The van der Waals surface area contributed by atoms with Gasteiger partial charge in [-0.3, -0.25) is 9.52 Å². The molecule has 7 nitrogen and oxygen atoms in total. The first-order chi connectivity index (χ1) is 11.3. The quantitative estimate of drug-likeness (QED) is 0.702. The average Bonchev–Trinajstić information content (AvgIpc) is 2.52. The molecule has 2 aromatic carbocycles. The maximum absolute atomic E-state index is 12.3. The van der Waals surface area contributed by atoms with E-state index in [-0.39, 0.29) is 16.1 Å². The lowest BCUT2D eigenvalue weighted by atomic mass is 10.2. The van der Waals surface area contributed by atoms with Crippen LogP contribution >= 0.6 is 15.9 Å². The number of amides is 1. The lowest BCUT2D eigenvalue weighted by Crippen LogP contribution is -2.21. The van der Waals surface area contributed by atoms with Crippen LogP contribution in [0.15, 0.2) is 57.9 Å². The van der Waals surface area contributed by atoms with Crippen molar-refractivity contribution >= 4 is 43.5 Å². The molecular formula is C15H13BrN2O5S. The first-order valence-electron chi connectivity index (χ1n) is 6.62. The molecule has 0 bridgehead atoms. The van der Waals surface area contributed by atoms with Crippen molar-refractivity contribution < 1.29 is 22.7 Å². The van der Waals surface area contributed by atoms with Crippen molar-refractivity contribution in [1.82, 2.24) is 0 Å². The molecule has 0 spiro atoms. The van der Waals surface area contributed by atoms with Crippen LogP contribution in [0.3, 0.4) is 0 Å². The minimum atomic E-state index is -3.80. The second-order valence-corrected chi connectivity index (χ2v) is 7.28. The van der Waals surface area contributed by atoms with Gasteiger partial charge in [-0.2, -0.15) is 0 Å². The summed E-state index contributed by atoms with van der Waals surface area (Å²) in [6.45, 7) is -0.548. The van der Waals surface area contributed by atoms with Gasteiger partial charge in [-0.1, -0.05) is 22.0 Å². The largest absolute Gasteiger partial charge is 0.452 e. The number of halogens is 1. The van der Waals surface area contributed by atoms with E-state index in [1.807, 2.05) is 0 Å². The number of esters is 1. The van der Waals surface area contributed by atoms with Crippen LogP contribution in [0.25, 0.3) is 0 Å². The van der Waals surface area contributed by atoms with Crippen molar-refractivity contribution in [1.29, 1.82) is 0 Å². The molecule has 0 heterocycles. The molecule has 1 amide bonds.